The molecule has 1 heterocycles. The van der Waals surface area contributed by atoms with Gasteiger partial charge in [-0.1, -0.05) is 23.8 Å². The molecule has 1 amide bonds. The highest BCUT2D eigenvalue weighted by Gasteiger charge is 2.19. The van der Waals surface area contributed by atoms with Gasteiger partial charge in [0.05, 0.1) is 10.7 Å². The average Bonchev–Trinajstić information content (AvgIpc) is 3.00. The molecule has 0 aromatic heterocycles. The monoisotopic (exact) mass is 279 g/mol. The van der Waals surface area contributed by atoms with Crippen LogP contribution in [0.3, 0.4) is 0 Å². The van der Waals surface area contributed by atoms with Crippen LogP contribution in [0.15, 0.2) is 24.3 Å². The number of rotatable bonds is 3. The Hall–Kier alpha value is -1.68. The van der Waals surface area contributed by atoms with Gasteiger partial charge in [-0.25, -0.2) is 0 Å². The van der Waals surface area contributed by atoms with Gasteiger partial charge in [0, 0.05) is 18.6 Å². The minimum atomic E-state index is -0.0303. The van der Waals surface area contributed by atoms with Gasteiger partial charge in [-0.2, -0.15) is 0 Å². The van der Waals surface area contributed by atoms with Gasteiger partial charge in [-0.05, 0) is 18.8 Å². The molecule has 0 saturated heterocycles. The fourth-order valence-corrected chi connectivity index (χ4v) is 2.52. The van der Waals surface area contributed by atoms with Gasteiger partial charge in [0.1, 0.15) is 0 Å². The molecule has 3 rings (SSSR count). The summed E-state index contributed by atoms with van der Waals surface area (Å²) in [6.07, 6.45) is 6.80. The highest BCUT2D eigenvalue weighted by molar-refractivity contribution is 6.34. The zero-order chi connectivity index (χ0) is 13.2. The quantitative estimate of drug-likeness (QED) is 0.863. The molecule has 0 fully saturated rings. The van der Waals surface area contributed by atoms with E-state index >= 15 is 0 Å². The number of ether oxygens (including phenoxy) is 2. The number of allylic oxidation sites excluding steroid dienone is 2. The van der Waals surface area contributed by atoms with E-state index in [4.69, 9.17) is 21.1 Å². The second-order valence-electron chi connectivity index (χ2n) is 4.70. The molecule has 1 aliphatic heterocycles. The standard InChI is InChI=1S/C14H14ClNO3/c15-10-6-12-13(19-8-18-12)7-11(10)16-14(17)5-9-3-1-2-4-9/h1,3,6-7,9H,2,4-5,8H2,(H,16,17). The topological polar surface area (TPSA) is 47.6 Å². The molecule has 1 atom stereocenters. The molecule has 1 N–H and O–H groups in total. The van der Waals surface area contributed by atoms with Crippen molar-refractivity contribution in [3.63, 3.8) is 0 Å². The molecule has 5 heteroatoms. The molecule has 1 aromatic rings. The Kier molecular flexibility index (Phi) is 3.34. The van der Waals surface area contributed by atoms with Crippen molar-refractivity contribution in [2.24, 2.45) is 5.92 Å². The largest absolute Gasteiger partial charge is 0.454 e. The summed E-state index contributed by atoms with van der Waals surface area (Å²) in [5.74, 6) is 1.53. The Balaban J connectivity index is 1.69. The summed E-state index contributed by atoms with van der Waals surface area (Å²) in [5.41, 5.74) is 0.567. The third-order valence-electron chi connectivity index (χ3n) is 3.30. The fraction of sp³-hybridized carbons (Fsp3) is 0.357. The smallest absolute Gasteiger partial charge is 0.231 e. The molecule has 0 saturated carbocycles. The lowest BCUT2D eigenvalue weighted by Crippen LogP contribution is -2.15. The van der Waals surface area contributed by atoms with Gasteiger partial charge in [-0.3, -0.25) is 4.79 Å². The van der Waals surface area contributed by atoms with E-state index in [9.17, 15) is 4.79 Å². The van der Waals surface area contributed by atoms with Gasteiger partial charge in [0.2, 0.25) is 12.7 Å². The molecule has 0 spiro atoms. The minimum absolute atomic E-state index is 0.0303. The summed E-state index contributed by atoms with van der Waals surface area (Å²) in [4.78, 5) is 11.9. The first-order chi connectivity index (χ1) is 9.22. The molecule has 0 radical (unpaired) electrons. The van der Waals surface area contributed by atoms with Crippen LogP contribution in [0.1, 0.15) is 19.3 Å². The Morgan fingerprint density at radius 2 is 2.16 bits per heavy atom. The van der Waals surface area contributed by atoms with Crippen molar-refractivity contribution in [1.29, 1.82) is 0 Å². The Morgan fingerprint density at radius 3 is 2.89 bits per heavy atom. The van der Waals surface area contributed by atoms with Gasteiger partial charge < -0.3 is 14.8 Å². The molecular weight excluding hydrogens is 266 g/mol. The summed E-state index contributed by atoms with van der Waals surface area (Å²) in [5, 5.41) is 3.28. The summed E-state index contributed by atoms with van der Waals surface area (Å²) in [7, 11) is 0. The number of amides is 1. The number of halogens is 1. The molecule has 1 unspecified atom stereocenters. The van der Waals surface area contributed by atoms with Crippen molar-refractivity contribution in [3.05, 3.63) is 29.3 Å². The number of carbonyl (C=O) groups is 1. The van der Waals surface area contributed by atoms with Gasteiger partial charge in [-0.15, -0.1) is 0 Å². The lowest BCUT2D eigenvalue weighted by Gasteiger charge is -2.10. The van der Waals surface area contributed by atoms with E-state index in [1.165, 1.54) is 0 Å². The van der Waals surface area contributed by atoms with Crippen LogP contribution < -0.4 is 14.8 Å². The zero-order valence-corrected chi connectivity index (χ0v) is 11.1. The average molecular weight is 280 g/mol. The maximum Gasteiger partial charge on any atom is 0.231 e. The third-order valence-corrected chi connectivity index (χ3v) is 3.61. The van der Waals surface area contributed by atoms with Crippen molar-refractivity contribution in [2.45, 2.75) is 19.3 Å². The number of hydrogen-bond donors (Lipinski definition) is 1. The van der Waals surface area contributed by atoms with E-state index in [0.29, 0.717) is 34.5 Å². The van der Waals surface area contributed by atoms with Crippen LogP contribution in [0.25, 0.3) is 0 Å². The minimum Gasteiger partial charge on any atom is -0.454 e. The molecule has 100 valence electrons. The molecular formula is C14H14ClNO3. The number of nitrogens with one attached hydrogen (secondary N) is 1. The van der Waals surface area contributed by atoms with Crippen LogP contribution in [0, 0.1) is 5.92 Å². The van der Waals surface area contributed by atoms with E-state index in [1.54, 1.807) is 12.1 Å². The van der Waals surface area contributed by atoms with Crippen LogP contribution >= 0.6 is 11.6 Å². The number of anilines is 1. The van der Waals surface area contributed by atoms with Crippen LogP contribution in [-0.4, -0.2) is 12.7 Å². The van der Waals surface area contributed by atoms with Crippen LogP contribution in [0.5, 0.6) is 11.5 Å². The predicted molar refractivity (Wildman–Crippen MR) is 72.7 cm³/mol. The molecule has 19 heavy (non-hydrogen) atoms. The maximum absolute atomic E-state index is 11.9. The fourth-order valence-electron chi connectivity index (χ4n) is 2.32. The van der Waals surface area contributed by atoms with E-state index in [-0.39, 0.29) is 12.7 Å². The van der Waals surface area contributed by atoms with Gasteiger partial charge >= 0.3 is 0 Å². The number of fused-ring (bicyclic) bond motifs is 1. The first kappa shape index (κ1) is 12.4. The molecule has 1 aromatic carbocycles. The first-order valence-electron chi connectivity index (χ1n) is 6.28. The molecule has 4 nitrogen and oxygen atoms in total. The second-order valence-corrected chi connectivity index (χ2v) is 5.11. The molecule has 1 aliphatic carbocycles. The number of carbonyl (C=O) groups excluding carboxylic acids is 1. The van der Waals surface area contributed by atoms with E-state index in [2.05, 4.69) is 17.5 Å². The summed E-state index contributed by atoms with van der Waals surface area (Å²) < 4.78 is 10.5. The summed E-state index contributed by atoms with van der Waals surface area (Å²) >= 11 is 6.10. The third kappa shape index (κ3) is 2.68. The molecule has 2 aliphatic rings. The number of benzene rings is 1. The van der Waals surface area contributed by atoms with Crippen molar-refractivity contribution in [3.8, 4) is 11.5 Å². The zero-order valence-electron chi connectivity index (χ0n) is 10.3. The number of hydrogen-bond acceptors (Lipinski definition) is 3. The SMILES string of the molecule is O=C(CC1C=CCC1)Nc1cc2c(cc1Cl)OCO2. The normalized spacial score (nSPS) is 19.7. The first-order valence-corrected chi connectivity index (χ1v) is 6.66. The summed E-state index contributed by atoms with van der Waals surface area (Å²) in [6.45, 7) is 0.190. The molecule has 0 bridgehead atoms. The van der Waals surface area contributed by atoms with Crippen molar-refractivity contribution >= 4 is 23.2 Å². The van der Waals surface area contributed by atoms with E-state index in [1.807, 2.05) is 0 Å². The lowest BCUT2D eigenvalue weighted by atomic mass is 10.1. The van der Waals surface area contributed by atoms with Crippen molar-refractivity contribution < 1.29 is 14.3 Å². The Morgan fingerprint density at radius 1 is 1.37 bits per heavy atom. The summed E-state index contributed by atoms with van der Waals surface area (Å²) in [6, 6.07) is 3.36. The van der Waals surface area contributed by atoms with E-state index in [0.717, 1.165) is 12.8 Å². The van der Waals surface area contributed by atoms with Crippen LogP contribution in [-0.2, 0) is 4.79 Å². The highest BCUT2D eigenvalue weighted by Crippen LogP contribution is 2.39. The van der Waals surface area contributed by atoms with Crippen LogP contribution in [0.4, 0.5) is 5.69 Å². The van der Waals surface area contributed by atoms with Crippen molar-refractivity contribution in [1.82, 2.24) is 0 Å². The highest BCUT2D eigenvalue weighted by atomic mass is 35.5. The van der Waals surface area contributed by atoms with Gasteiger partial charge in [0.15, 0.2) is 11.5 Å². The Bertz CT molecular complexity index is 542. The second kappa shape index (κ2) is 5.13. The predicted octanol–water partition coefficient (Wildman–Crippen LogP) is 3.36. The Labute approximate surface area is 116 Å². The lowest BCUT2D eigenvalue weighted by molar-refractivity contribution is -0.116. The van der Waals surface area contributed by atoms with E-state index < -0.39 is 0 Å². The maximum atomic E-state index is 11.9. The van der Waals surface area contributed by atoms with Gasteiger partial charge in [0.25, 0.3) is 0 Å². The van der Waals surface area contributed by atoms with Crippen molar-refractivity contribution in [2.75, 3.05) is 12.1 Å². The van der Waals surface area contributed by atoms with Crippen LogP contribution in [0.2, 0.25) is 5.02 Å².